The van der Waals surface area contributed by atoms with E-state index in [9.17, 15) is 18.4 Å². The number of carbonyl (C=O) groups excluding carboxylic acids is 1. The maximum absolute atomic E-state index is 14.3. The van der Waals surface area contributed by atoms with Crippen LogP contribution in [0, 0.1) is 11.7 Å². The van der Waals surface area contributed by atoms with Crippen molar-refractivity contribution in [2.24, 2.45) is 11.7 Å². The van der Waals surface area contributed by atoms with Gasteiger partial charge >= 0.3 is 0 Å². The molecular formula is C21H20F2N6O2. The van der Waals surface area contributed by atoms with E-state index < -0.39 is 23.8 Å². The van der Waals surface area contributed by atoms with Gasteiger partial charge in [-0.15, -0.1) is 0 Å². The summed E-state index contributed by atoms with van der Waals surface area (Å²) in [7, 11) is 0. The SMILES string of the molecule is NC(=O)c1ccc(=O)n(-c2cnc(NC[C@H](c3ncccc3F)C3CC[C@@H]3F)nc2)c1. The predicted molar refractivity (Wildman–Crippen MR) is 109 cm³/mol. The molecule has 1 unspecified atom stereocenters. The Morgan fingerprint density at radius 1 is 1.23 bits per heavy atom. The van der Waals surface area contributed by atoms with Crippen LogP contribution in [-0.2, 0) is 0 Å². The minimum absolute atomic E-state index is 0.170. The number of alkyl halides is 1. The van der Waals surface area contributed by atoms with Crippen molar-refractivity contribution in [2.45, 2.75) is 24.9 Å². The lowest BCUT2D eigenvalue weighted by Crippen LogP contribution is -2.37. The molecule has 3 aromatic heterocycles. The summed E-state index contributed by atoms with van der Waals surface area (Å²) in [6, 6.07) is 5.37. The zero-order valence-corrected chi connectivity index (χ0v) is 16.4. The summed E-state index contributed by atoms with van der Waals surface area (Å²) in [6.07, 6.45) is 5.72. The zero-order valence-electron chi connectivity index (χ0n) is 16.4. The summed E-state index contributed by atoms with van der Waals surface area (Å²) in [5.74, 6) is -1.70. The van der Waals surface area contributed by atoms with Crippen molar-refractivity contribution in [2.75, 3.05) is 11.9 Å². The van der Waals surface area contributed by atoms with E-state index in [1.807, 2.05) is 0 Å². The first-order valence-corrected chi connectivity index (χ1v) is 9.77. The third-order valence-electron chi connectivity index (χ3n) is 5.49. The summed E-state index contributed by atoms with van der Waals surface area (Å²) >= 11 is 0. The van der Waals surface area contributed by atoms with Crippen LogP contribution in [-0.4, -0.2) is 38.1 Å². The van der Waals surface area contributed by atoms with Crippen LogP contribution < -0.4 is 16.6 Å². The van der Waals surface area contributed by atoms with Gasteiger partial charge in [0.25, 0.3) is 5.56 Å². The first-order chi connectivity index (χ1) is 14.9. The van der Waals surface area contributed by atoms with Gasteiger partial charge in [-0.3, -0.25) is 19.1 Å². The molecular weight excluding hydrogens is 406 g/mol. The van der Waals surface area contributed by atoms with E-state index in [4.69, 9.17) is 5.73 Å². The Hall–Kier alpha value is -3.69. The van der Waals surface area contributed by atoms with Gasteiger partial charge in [-0.05, 0) is 31.0 Å². The Balaban J connectivity index is 1.52. The molecule has 3 atom stereocenters. The highest BCUT2D eigenvalue weighted by molar-refractivity contribution is 5.92. The average Bonchev–Trinajstić information content (AvgIpc) is 2.76. The fourth-order valence-corrected chi connectivity index (χ4v) is 3.63. The maximum atomic E-state index is 14.3. The highest BCUT2D eigenvalue weighted by Crippen LogP contribution is 2.41. The second kappa shape index (κ2) is 8.58. The molecule has 1 amide bonds. The van der Waals surface area contributed by atoms with Crippen LogP contribution in [0.3, 0.4) is 0 Å². The van der Waals surface area contributed by atoms with E-state index in [-0.39, 0.29) is 35.2 Å². The molecule has 0 aromatic carbocycles. The van der Waals surface area contributed by atoms with Gasteiger partial charge in [0.05, 0.1) is 29.3 Å². The largest absolute Gasteiger partial charge is 0.366 e. The number of nitrogens with one attached hydrogen (secondary N) is 1. The number of anilines is 1. The lowest BCUT2D eigenvalue weighted by atomic mass is 9.72. The topological polar surface area (TPSA) is 116 Å². The Morgan fingerprint density at radius 3 is 2.61 bits per heavy atom. The molecule has 0 spiro atoms. The van der Waals surface area contributed by atoms with E-state index in [0.717, 1.165) is 0 Å². The van der Waals surface area contributed by atoms with Gasteiger partial charge in [-0.1, -0.05) is 0 Å². The Labute approximate surface area is 176 Å². The number of pyridine rings is 2. The standard InChI is InChI=1S/C21H20F2N6O2/c22-16-5-4-14(16)15(19-17(23)2-1-7-25-19)10-28-21-26-8-13(9-27-21)29-11-12(20(24)31)3-6-18(29)30/h1-3,6-9,11,14-16H,4-5,10H2,(H2,24,31)(H,26,27,28)/t14?,15-,16-/m0/s1. The van der Waals surface area contributed by atoms with Crippen molar-refractivity contribution in [1.29, 1.82) is 0 Å². The van der Waals surface area contributed by atoms with Crippen molar-refractivity contribution in [3.05, 3.63) is 76.5 Å². The molecule has 3 N–H and O–H groups in total. The molecule has 3 heterocycles. The predicted octanol–water partition coefficient (Wildman–Crippen LogP) is 2.20. The fourth-order valence-electron chi connectivity index (χ4n) is 3.63. The summed E-state index contributed by atoms with van der Waals surface area (Å²) in [5.41, 5.74) is 5.61. The van der Waals surface area contributed by atoms with E-state index in [1.54, 1.807) is 0 Å². The zero-order chi connectivity index (χ0) is 22.0. The van der Waals surface area contributed by atoms with E-state index in [0.29, 0.717) is 18.5 Å². The lowest BCUT2D eigenvalue weighted by molar-refractivity contribution is 0.0893. The monoisotopic (exact) mass is 426 g/mol. The number of nitrogens with zero attached hydrogens (tertiary/aromatic N) is 4. The second-order valence-electron chi connectivity index (χ2n) is 7.37. The van der Waals surface area contributed by atoms with Crippen LogP contribution in [0.25, 0.3) is 5.69 Å². The summed E-state index contributed by atoms with van der Waals surface area (Å²) in [6.45, 7) is 0.204. The van der Waals surface area contributed by atoms with Crippen molar-refractivity contribution >= 4 is 11.9 Å². The lowest BCUT2D eigenvalue weighted by Gasteiger charge is -2.37. The molecule has 0 saturated heterocycles. The first-order valence-electron chi connectivity index (χ1n) is 9.77. The Morgan fingerprint density at radius 2 is 2.00 bits per heavy atom. The molecule has 1 aliphatic rings. The van der Waals surface area contributed by atoms with Crippen LogP contribution in [0.5, 0.6) is 0 Å². The van der Waals surface area contributed by atoms with Crippen LogP contribution in [0.15, 0.2) is 53.8 Å². The highest BCUT2D eigenvalue weighted by Gasteiger charge is 2.39. The molecule has 1 fully saturated rings. The summed E-state index contributed by atoms with van der Waals surface area (Å²) in [5, 5.41) is 3.01. The van der Waals surface area contributed by atoms with Crippen LogP contribution in [0.4, 0.5) is 14.7 Å². The second-order valence-corrected chi connectivity index (χ2v) is 7.37. The number of amides is 1. The number of primary amides is 1. The minimum Gasteiger partial charge on any atom is -0.366 e. The molecule has 3 aromatic rings. The summed E-state index contributed by atoms with van der Waals surface area (Å²) < 4.78 is 29.5. The van der Waals surface area contributed by atoms with Gasteiger partial charge in [0.2, 0.25) is 11.9 Å². The molecule has 1 saturated carbocycles. The van der Waals surface area contributed by atoms with Crippen molar-refractivity contribution in [1.82, 2.24) is 19.5 Å². The smallest absolute Gasteiger partial charge is 0.255 e. The van der Waals surface area contributed by atoms with Crippen LogP contribution in [0.2, 0.25) is 0 Å². The Bertz CT molecular complexity index is 1150. The minimum atomic E-state index is -0.999. The van der Waals surface area contributed by atoms with E-state index in [1.165, 1.54) is 53.6 Å². The van der Waals surface area contributed by atoms with Crippen LogP contribution >= 0.6 is 0 Å². The normalized spacial score (nSPS) is 18.8. The number of carbonyl (C=O) groups is 1. The molecule has 0 radical (unpaired) electrons. The number of rotatable bonds is 7. The Kier molecular flexibility index (Phi) is 5.70. The van der Waals surface area contributed by atoms with Gasteiger partial charge in [0.15, 0.2) is 0 Å². The first kappa shape index (κ1) is 20.6. The van der Waals surface area contributed by atoms with Gasteiger partial charge in [0, 0.05) is 36.8 Å². The quantitative estimate of drug-likeness (QED) is 0.598. The van der Waals surface area contributed by atoms with Crippen LogP contribution in [0.1, 0.15) is 34.8 Å². The van der Waals surface area contributed by atoms with Gasteiger partial charge in [0.1, 0.15) is 12.0 Å². The molecule has 160 valence electrons. The van der Waals surface area contributed by atoms with E-state index >= 15 is 0 Å². The number of hydrogen-bond donors (Lipinski definition) is 2. The van der Waals surface area contributed by atoms with Gasteiger partial charge in [-0.25, -0.2) is 18.7 Å². The van der Waals surface area contributed by atoms with Crippen molar-refractivity contribution in [3.63, 3.8) is 0 Å². The van der Waals surface area contributed by atoms with Gasteiger partial charge < -0.3 is 11.1 Å². The molecule has 10 heteroatoms. The molecule has 0 aliphatic heterocycles. The molecule has 8 nitrogen and oxygen atoms in total. The molecule has 1 aliphatic carbocycles. The van der Waals surface area contributed by atoms with E-state index in [2.05, 4.69) is 20.3 Å². The van der Waals surface area contributed by atoms with Gasteiger partial charge in [-0.2, -0.15) is 0 Å². The number of aromatic nitrogens is 4. The summed E-state index contributed by atoms with van der Waals surface area (Å²) in [4.78, 5) is 35.9. The maximum Gasteiger partial charge on any atom is 0.255 e. The number of hydrogen-bond acceptors (Lipinski definition) is 6. The third-order valence-corrected chi connectivity index (χ3v) is 5.49. The van der Waals surface area contributed by atoms with Crippen molar-refractivity contribution < 1.29 is 13.6 Å². The average molecular weight is 426 g/mol. The molecule has 4 rings (SSSR count). The third kappa shape index (κ3) is 4.27. The fraction of sp³-hybridized carbons (Fsp3) is 0.286. The highest BCUT2D eigenvalue weighted by atomic mass is 19.1. The number of nitrogens with two attached hydrogens (primary N) is 1. The molecule has 0 bridgehead atoms. The molecule has 31 heavy (non-hydrogen) atoms. The van der Waals surface area contributed by atoms with Crippen molar-refractivity contribution in [3.8, 4) is 5.69 Å². The number of halogens is 2.